The zero-order valence-corrected chi connectivity index (χ0v) is 11.2. The molecule has 0 saturated heterocycles. The Labute approximate surface area is 120 Å². The van der Waals surface area contributed by atoms with E-state index in [0.29, 0.717) is 17.0 Å². The van der Waals surface area contributed by atoms with Crippen molar-refractivity contribution >= 4 is 23.2 Å². The van der Waals surface area contributed by atoms with Crippen LogP contribution in [-0.2, 0) is 11.2 Å². The average Bonchev–Trinajstić information content (AvgIpc) is 2.77. The van der Waals surface area contributed by atoms with Crippen molar-refractivity contribution in [2.75, 3.05) is 5.32 Å². The molecule has 0 radical (unpaired) electrons. The lowest BCUT2D eigenvalue weighted by Crippen LogP contribution is -2.12. The summed E-state index contributed by atoms with van der Waals surface area (Å²) in [7, 11) is 0. The number of fused-ring (bicyclic) bond motifs is 1. The first-order valence-corrected chi connectivity index (χ1v) is 6.55. The van der Waals surface area contributed by atoms with Gasteiger partial charge < -0.3 is 11.1 Å². The summed E-state index contributed by atoms with van der Waals surface area (Å²) >= 11 is 6.03. The number of hydrogen-bond acceptors (Lipinski definition) is 2. The zero-order valence-electron chi connectivity index (χ0n) is 10.5. The van der Waals surface area contributed by atoms with E-state index in [0.717, 1.165) is 16.8 Å². The average molecular weight is 291 g/mol. The standard InChI is InChI=1S/C15H12ClFN2O/c16-12-7-10(17)2-3-11(12)15(18)8-1-4-13-9(5-8)6-14(20)19-13/h1-5,7,15H,6,18H2,(H,19,20). The Balaban J connectivity index is 1.97. The molecule has 1 atom stereocenters. The Morgan fingerprint density at radius 1 is 1.25 bits per heavy atom. The molecule has 3 N–H and O–H groups in total. The second-order valence-corrected chi connectivity index (χ2v) is 5.19. The van der Waals surface area contributed by atoms with E-state index < -0.39 is 11.9 Å². The molecule has 3 rings (SSSR count). The summed E-state index contributed by atoms with van der Waals surface area (Å²) in [6.45, 7) is 0. The van der Waals surface area contributed by atoms with Crippen LogP contribution in [0.1, 0.15) is 22.7 Å². The van der Waals surface area contributed by atoms with Gasteiger partial charge in [-0.1, -0.05) is 29.8 Å². The number of anilines is 1. The molecular formula is C15H12ClFN2O. The predicted octanol–water partition coefficient (Wildman–Crippen LogP) is 3.02. The second-order valence-electron chi connectivity index (χ2n) is 4.79. The molecule has 20 heavy (non-hydrogen) atoms. The summed E-state index contributed by atoms with van der Waals surface area (Å²) in [5.74, 6) is -0.416. The largest absolute Gasteiger partial charge is 0.326 e. The quantitative estimate of drug-likeness (QED) is 0.893. The Hall–Kier alpha value is -1.91. The van der Waals surface area contributed by atoms with Crippen LogP contribution in [0.5, 0.6) is 0 Å². The Morgan fingerprint density at radius 3 is 2.80 bits per heavy atom. The molecule has 3 nitrogen and oxygen atoms in total. The van der Waals surface area contributed by atoms with Crippen LogP contribution in [0, 0.1) is 5.82 Å². The smallest absolute Gasteiger partial charge is 0.228 e. The molecule has 5 heteroatoms. The molecule has 2 aromatic carbocycles. The fraction of sp³-hybridized carbons (Fsp3) is 0.133. The minimum Gasteiger partial charge on any atom is -0.326 e. The van der Waals surface area contributed by atoms with E-state index in [2.05, 4.69) is 5.32 Å². The van der Waals surface area contributed by atoms with Crippen LogP contribution in [0.15, 0.2) is 36.4 Å². The number of nitrogens with two attached hydrogens (primary N) is 1. The maximum Gasteiger partial charge on any atom is 0.228 e. The van der Waals surface area contributed by atoms with Gasteiger partial charge in [0.25, 0.3) is 0 Å². The molecule has 0 saturated carbocycles. The van der Waals surface area contributed by atoms with Crippen LogP contribution in [0.25, 0.3) is 0 Å². The van der Waals surface area contributed by atoms with E-state index in [-0.39, 0.29) is 5.91 Å². The van der Waals surface area contributed by atoms with E-state index >= 15 is 0 Å². The van der Waals surface area contributed by atoms with Crippen LogP contribution in [0.2, 0.25) is 5.02 Å². The Kier molecular flexibility index (Phi) is 3.20. The van der Waals surface area contributed by atoms with Gasteiger partial charge in [-0.25, -0.2) is 4.39 Å². The van der Waals surface area contributed by atoms with Crippen molar-refractivity contribution in [3.8, 4) is 0 Å². The molecule has 2 aromatic rings. The fourth-order valence-electron chi connectivity index (χ4n) is 2.38. The van der Waals surface area contributed by atoms with Gasteiger partial charge in [0.15, 0.2) is 0 Å². The van der Waals surface area contributed by atoms with Crippen molar-refractivity contribution < 1.29 is 9.18 Å². The van der Waals surface area contributed by atoms with Crippen molar-refractivity contribution in [3.63, 3.8) is 0 Å². The highest BCUT2D eigenvalue weighted by Crippen LogP contribution is 2.31. The predicted molar refractivity (Wildman–Crippen MR) is 76.2 cm³/mol. The first-order valence-electron chi connectivity index (χ1n) is 6.18. The van der Waals surface area contributed by atoms with Crippen LogP contribution in [0.4, 0.5) is 10.1 Å². The summed E-state index contributed by atoms with van der Waals surface area (Å²) in [5, 5.41) is 3.07. The minimum atomic E-state index is -0.455. The second kappa shape index (κ2) is 4.89. The molecule has 0 fully saturated rings. The summed E-state index contributed by atoms with van der Waals surface area (Å²) in [6, 6.07) is 9.26. The molecule has 1 amide bonds. The van der Waals surface area contributed by atoms with Gasteiger partial charge in [0, 0.05) is 10.7 Å². The lowest BCUT2D eigenvalue weighted by atomic mass is 9.97. The molecule has 0 aromatic heterocycles. The fourth-order valence-corrected chi connectivity index (χ4v) is 2.66. The van der Waals surface area contributed by atoms with E-state index in [1.54, 1.807) is 6.07 Å². The summed E-state index contributed by atoms with van der Waals surface area (Å²) in [5.41, 5.74) is 9.42. The third-order valence-corrected chi connectivity index (χ3v) is 3.74. The highest BCUT2D eigenvalue weighted by molar-refractivity contribution is 6.31. The summed E-state index contributed by atoms with van der Waals surface area (Å²) < 4.78 is 13.1. The molecular weight excluding hydrogens is 279 g/mol. The topological polar surface area (TPSA) is 55.1 Å². The lowest BCUT2D eigenvalue weighted by molar-refractivity contribution is -0.115. The molecule has 0 aliphatic carbocycles. The summed E-state index contributed by atoms with van der Waals surface area (Å²) in [6.07, 6.45) is 0.354. The third-order valence-electron chi connectivity index (χ3n) is 3.41. The molecule has 1 unspecified atom stereocenters. The zero-order chi connectivity index (χ0) is 14.3. The van der Waals surface area contributed by atoms with E-state index in [9.17, 15) is 9.18 Å². The van der Waals surface area contributed by atoms with Crippen molar-refractivity contribution in [2.24, 2.45) is 5.73 Å². The van der Waals surface area contributed by atoms with Gasteiger partial charge >= 0.3 is 0 Å². The first kappa shape index (κ1) is 13.1. The number of nitrogens with one attached hydrogen (secondary N) is 1. The molecule has 102 valence electrons. The van der Waals surface area contributed by atoms with E-state index in [1.165, 1.54) is 12.1 Å². The SMILES string of the molecule is NC(c1ccc2c(c1)CC(=O)N2)c1ccc(F)cc1Cl. The lowest BCUT2D eigenvalue weighted by Gasteiger charge is -2.15. The minimum absolute atomic E-state index is 0.0227. The molecule has 0 spiro atoms. The number of carbonyl (C=O) groups excluding carboxylic acids is 1. The van der Waals surface area contributed by atoms with Crippen LogP contribution < -0.4 is 11.1 Å². The van der Waals surface area contributed by atoms with Crippen molar-refractivity contribution in [3.05, 3.63) is 63.9 Å². The Morgan fingerprint density at radius 2 is 2.05 bits per heavy atom. The van der Waals surface area contributed by atoms with E-state index in [1.807, 2.05) is 18.2 Å². The van der Waals surface area contributed by atoms with Gasteiger partial charge in [-0.15, -0.1) is 0 Å². The number of hydrogen-bond donors (Lipinski definition) is 2. The van der Waals surface area contributed by atoms with Crippen molar-refractivity contribution in [1.29, 1.82) is 0 Å². The van der Waals surface area contributed by atoms with Gasteiger partial charge in [-0.05, 0) is 34.9 Å². The van der Waals surface area contributed by atoms with Gasteiger partial charge in [0.2, 0.25) is 5.91 Å². The van der Waals surface area contributed by atoms with Crippen LogP contribution in [0.3, 0.4) is 0 Å². The summed E-state index contributed by atoms with van der Waals surface area (Å²) in [4.78, 5) is 11.3. The van der Waals surface area contributed by atoms with Crippen LogP contribution >= 0.6 is 11.6 Å². The third kappa shape index (κ3) is 2.28. The monoisotopic (exact) mass is 290 g/mol. The Bertz CT molecular complexity index is 702. The van der Waals surface area contributed by atoms with E-state index in [4.69, 9.17) is 17.3 Å². The maximum absolute atomic E-state index is 13.1. The number of halogens is 2. The van der Waals surface area contributed by atoms with Gasteiger partial charge in [-0.2, -0.15) is 0 Å². The highest BCUT2D eigenvalue weighted by atomic mass is 35.5. The molecule has 1 aliphatic rings. The molecule has 0 bridgehead atoms. The first-order chi connectivity index (χ1) is 9.54. The maximum atomic E-state index is 13.1. The molecule has 1 heterocycles. The van der Waals surface area contributed by atoms with Gasteiger partial charge in [0.05, 0.1) is 12.5 Å². The molecule has 1 aliphatic heterocycles. The van der Waals surface area contributed by atoms with Crippen molar-refractivity contribution in [2.45, 2.75) is 12.5 Å². The number of amides is 1. The number of benzene rings is 2. The van der Waals surface area contributed by atoms with Gasteiger partial charge in [0.1, 0.15) is 5.82 Å². The van der Waals surface area contributed by atoms with Crippen molar-refractivity contribution in [1.82, 2.24) is 0 Å². The number of rotatable bonds is 2. The normalized spacial score (nSPS) is 14.8. The van der Waals surface area contributed by atoms with Crippen LogP contribution in [-0.4, -0.2) is 5.91 Å². The highest BCUT2D eigenvalue weighted by Gasteiger charge is 2.20. The number of carbonyl (C=O) groups is 1. The van der Waals surface area contributed by atoms with Gasteiger partial charge in [-0.3, -0.25) is 4.79 Å².